The highest BCUT2D eigenvalue weighted by Crippen LogP contribution is 2.57. The van der Waals surface area contributed by atoms with Gasteiger partial charge in [0, 0.05) is 85.5 Å². The molecule has 3 unspecified atom stereocenters. The zero-order valence-electron chi connectivity index (χ0n) is 80.3. The molecule has 3 heterocycles. The van der Waals surface area contributed by atoms with E-state index in [0.29, 0.717) is 35.0 Å². The van der Waals surface area contributed by atoms with Crippen molar-refractivity contribution in [1.29, 1.82) is 0 Å². The molecule has 4 N–H and O–H groups in total. The van der Waals surface area contributed by atoms with Crippen molar-refractivity contribution in [2.24, 2.45) is 11.8 Å². The first-order chi connectivity index (χ1) is 71.3. The van der Waals surface area contributed by atoms with Crippen LogP contribution in [0, 0.1) is 11.8 Å². The van der Waals surface area contributed by atoms with E-state index >= 15 is 0 Å². The van der Waals surface area contributed by atoms with Gasteiger partial charge in [-0.15, -0.1) is 0 Å². The summed E-state index contributed by atoms with van der Waals surface area (Å²) in [6, 6.07) is 135. The van der Waals surface area contributed by atoms with Crippen LogP contribution >= 0.6 is 23.2 Å². The minimum Gasteiger partial charge on any atom is -1.00 e. The number of aromatic hydroxyl groups is 1. The van der Waals surface area contributed by atoms with Crippen LogP contribution in [0.25, 0.3) is 163 Å². The Hall–Kier alpha value is -17.1. The molecule has 0 bridgehead atoms. The molecule has 28 rings (SSSR count). The molecule has 5 aliphatic carbocycles. The van der Waals surface area contributed by atoms with E-state index in [4.69, 9.17) is 41.8 Å². The van der Waals surface area contributed by atoms with Crippen LogP contribution in [0.4, 0.5) is 5.69 Å². The number of halogens is 3. The fourth-order valence-corrected chi connectivity index (χ4v) is 22.2. The summed E-state index contributed by atoms with van der Waals surface area (Å²) in [6.07, 6.45) is 24.1. The van der Waals surface area contributed by atoms with Crippen molar-refractivity contribution in [3.8, 4) is 56.2 Å². The highest BCUT2D eigenvalue weighted by atomic mass is 35.5. The molecular formula is C133H99Cl3N2O8. The lowest BCUT2D eigenvalue weighted by molar-refractivity contribution is -0.496. The number of aliphatic hydroxyl groups excluding tert-OH is 1. The van der Waals surface area contributed by atoms with E-state index in [-0.39, 0.29) is 41.8 Å². The Morgan fingerprint density at radius 1 is 0.411 bits per heavy atom. The SMILES string of the molecule is C1=CC2=CC=CC3=CC=CC(=C1)C23.CCNc1ccc2c(-c3ccccc3C(=O)OCC)c3ccc(=[NH+]CC)cc-3oc2c1.Clc1c2ccccc2c(Cl)c2ccccc12.O=C1OC2(c3ccc(O)cc3OC3C=C(O)C=CC32)c2ccccc21.[Cl-].c1cc2ccc3cccc4ccc(c1)c2c34.c1ccc(-c2c3ccccc3c(-c3ccccc3)c3ccccc23)cc1.c1ccc2c(c1)c1ccccc1c1ccccc21. The van der Waals surface area contributed by atoms with Gasteiger partial charge in [-0.3, -0.25) is 0 Å². The summed E-state index contributed by atoms with van der Waals surface area (Å²) in [5, 5.41) is 52.0. The zero-order chi connectivity index (χ0) is 98.6. The number of esters is 2. The fourth-order valence-electron chi connectivity index (χ4n) is 21.6. The van der Waals surface area contributed by atoms with Gasteiger partial charge >= 0.3 is 11.9 Å². The van der Waals surface area contributed by atoms with Crippen molar-refractivity contribution in [2.75, 3.05) is 25.0 Å². The Balaban J connectivity index is 0.000000102. The smallest absolute Gasteiger partial charge is 0.339 e. The van der Waals surface area contributed by atoms with Crippen molar-refractivity contribution in [3.05, 3.63) is 527 Å². The molecule has 3 atom stereocenters. The average molecular weight is 1960 g/mol. The van der Waals surface area contributed by atoms with E-state index in [9.17, 15) is 19.8 Å². The first-order valence-corrected chi connectivity index (χ1v) is 49.9. The molecule has 0 amide bonds. The number of hydrogen-bond acceptors (Lipinski definition) is 9. The molecule has 20 aromatic carbocycles. The van der Waals surface area contributed by atoms with Gasteiger partial charge in [0.15, 0.2) is 5.60 Å². The number of rotatable bonds is 8. The Bertz CT molecular complexity index is 8480. The molecule has 0 saturated carbocycles. The van der Waals surface area contributed by atoms with E-state index in [1.54, 1.807) is 36.4 Å². The standard InChI is InChI=1S/C26H26N2O3.C26H18.C20H14O5.C18H12.C16H10.C14H8Cl2.C13H10.ClH/c1-4-27-17-11-13-21-23(15-17)31-24-16-18(28-5-2)12-14-22(24)25(21)19-9-7-8-10-20(19)26(29)30-6-3;1-3-11-19(12-4-1)25-21-15-7-9-17-23(21)26(20-13-5-2-6-14-20)24-18-10-8-16-22(24)25;21-11-5-7-15-17(9-11)24-18-10-12(22)6-8-16(18)20(15)14-4-2-1-3-13(14)19(23)25-20;1-2-8-14-13(7-1)15-9-3-4-11-17(15)18-12-6-5-10-16(14)18;1-3-11-7-9-13-5-2-6-14-10-8-12(4-1)15(11)16(13)14;15-13-9-5-1-2-6-10(9)14(16)12-8-4-3-7-11(12)13;1-4-10-6-2-8-12-9-3-7-11(5-1)13(10)12;/h7-16,27H,4-6H2,1-3H3;1-18H;1-10,15,17,21-22H;1-12H;1-10H;1-8H;1-9,13H;1H. The lowest BCUT2D eigenvalue weighted by Gasteiger charge is -2.44. The highest BCUT2D eigenvalue weighted by Gasteiger charge is 2.58. The maximum absolute atomic E-state index is 12.7. The third-order valence-corrected chi connectivity index (χ3v) is 28.7. The predicted molar refractivity (Wildman–Crippen MR) is 600 cm³/mol. The number of nitrogens with one attached hydrogen (secondary N) is 2. The Morgan fingerprint density at radius 2 is 0.849 bits per heavy atom. The average Bonchev–Trinajstić information content (AvgIpc) is 1.51. The Labute approximate surface area is 861 Å². The van der Waals surface area contributed by atoms with Crippen molar-refractivity contribution < 1.29 is 55.8 Å². The predicted octanol–water partition coefficient (Wildman–Crippen LogP) is 29.5. The van der Waals surface area contributed by atoms with Crippen LogP contribution in [0.1, 0.15) is 52.6 Å². The van der Waals surface area contributed by atoms with E-state index in [1.807, 2.05) is 134 Å². The van der Waals surface area contributed by atoms with Crippen LogP contribution in [-0.2, 0) is 15.1 Å². The van der Waals surface area contributed by atoms with Gasteiger partial charge in [0.2, 0.25) is 5.36 Å². The quantitative estimate of drug-likeness (QED) is 0.0665. The van der Waals surface area contributed by atoms with Crippen LogP contribution in [-0.4, -0.2) is 48.0 Å². The first-order valence-electron chi connectivity index (χ1n) is 49.1. The number of phenolic OH excluding ortho intramolecular Hbond substituents is 1. The number of phenols is 1. The molecule has 3 aliphatic heterocycles. The number of carbonyl (C=O) groups excluding carboxylic acids is 2. The van der Waals surface area contributed by atoms with E-state index in [0.717, 1.165) is 94.7 Å². The number of aliphatic hydroxyl groups is 1. The molecular weight excluding hydrogens is 1860 g/mol. The summed E-state index contributed by atoms with van der Waals surface area (Å²) in [7, 11) is 0. The third kappa shape index (κ3) is 18.0. The molecule has 8 aliphatic rings. The fraction of sp³-hybridized carbons (Fsp3) is 0.0752. The monoisotopic (exact) mass is 1960 g/mol. The molecule has 1 spiro atoms. The summed E-state index contributed by atoms with van der Waals surface area (Å²) >= 11 is 12.8. The minimum absolute atomic E-state index is 0. The van der Waals surface area contributed by atoms with Gasteiger partial charge in [-0.25, -0.2) is 14.6 Å². The van der Waals surface area contributed by atoms with Crippen molar-refractivity contribution in [1.82, 2.24) is 0 Å². The molecule has 0 fully saturated rings. The molecule has 20 aromatic rings. The number of ether oxygens (including phenoxy) is 3. The summed E-state index contributed by atoms with van der Waals surface area (Å²) in [4.78, 5) is 28.6. The molecule has 13 heteroatoms. The number of benzene rings is 21. The van der Waals surface area contributed by atoms with E-state index in [1.165, 1.54) is 131 Å². The zero-order valence-corrected chi connectivity index (χ0v) is 82.6. The second-order valence-corrected chi connectivity index (χ2v) is 37.1. The summed E-state index contributed by atoms with van der Waals surface area (Å²) in [6.45, 7) is 7.91. The van der Waals surface area contributed by atoms with Crippen LogP contribution in [0.5, 0.6) is 11.5 Å². The molecule has 10 nitrogen and oxygen atoms in total. The number of carbonyl (C=O) groups is 2. The molecule has 0 aromatic heterocycles. The topological polar surface area (TPSA) is 141 Å². The second kappa shape index (κ2) is 41.8. The first kappa shape index (κ1) is 95.1. The maximum Gasteiger partial charge on any atom is 0.339 e. The van der Waals surface area contributed by atoms with Gasteiger partial charge in [0.25, 0.3) is 0 Å². The number of fused-ring (bicyclic) bond motifs is 18. The second-order valence-electron chi connectivity index (χ2n) is 36.4. The third-order valence-electron chi connectivity index (χ3n) is 27.9. The number of anilines is 1. The minimum atomic E-state index is -1.05. The van der Waals surface area contributed by atoms with Crippen molar-refractivity contribution in [2.45, 2.75) is 32.5 Å². The number of hydrogen-bond donors (Lipinski definition) is 4. The molecule has 0 saturated heterocycles. The lowest BCUT2D eigenvalue weighted by atomic mass is 9.70. The van der Waals surface area contributed by atoms with Gasteiger partial charge in [-0.05, 0) is 206 Å². The summed E-state index contributed by atoms with van der Waals surface area (Å²) < 4.78 is 23.6. The maximum atomic E-state index is 12.7. The largest absolute Gasteiger partial charge is 1.00 e. The van der Waals surface area contributed by atoms with Gasteiger partial charge < -0.3 is 46.6 Å². The molecule has 710 valence electrons. The van der Waals surface area contributed by atoms with Crippen LogP contribution in [0.15, 0.2) is 494 Å². The van der Waals surface area contributed by atoms with Gasteiger partial charge in [0.1, 0.15) is 41.3 Å². The van der Waals surface area contributed by atoms with Gasteiger partial charge in [0.05, 0.1) is 39.8 Å². The van der Waals surface area contributed by atoms with Crippen molar-refractivity contribution >= 4 is 160 Å². The highest BCUT2D eigenvalue weighted by molar-refractivity contribution is 6.47. The van der Waals surface area contributed by atoms with Gasteiger partial charge in [-0.2, -0.15) is 0 Å². The van der Waals surface area contributed by atoms with E-state index in [2.05, 4.69) is 321 Å². The number of allylic oxidation sites excluding steroid dienone is 13. The van der Waals surface area contributed by atoms with Gasteiger partial charge in [-0.1, -0.05) is 412 Å². The molecule has 0 radical (unpaired) electrons. The lowest BCUT2D eigenvalue weighted by Crippen LogP contribution is -3.00. The normalized spacial score (nSPS) is 15.3. The molecule has 146 heavy (non-hydrogen) atoms. The summed E-state index contributed by atoms with van der Waals surface area (Å²) in [5.74, 6) is 0.824. The van der Waals surface area contributed by atoms with E-state index < -0.39 is 11.7 Å². The van der Waals surface area contributed by atoms with Crippen LogP contribution in [0.2, 0.25) is 10.0 Å². The van der Waals surface area contributed by atoms with Crippen LogP contribution < -0.4 is 32.8 Å². The Kier molecular flexibility index (Phi) is 27.2. The Morgan fingerprint density at radius 3 is 1.32 bits per heavy atom. The van der Waals surface area contributed by atoms with Crippen molar-refractivity contribution in [3.63, 3.8) is 0 Å². The summed E-state index contributed by atoms with van der Waals surface area (Å²) in [5.41, 5.74) is 15.4. The van der Waals surface area contributed by atoms with Crippen LogP contribution in [0.3, 0.4) is 0 Å².